The predicted octanol–water partition coefficient (Wildman–Crippen LogP) is 5.73. The highest BCUT2D eigenvalue weighted by Crippen LogP contribution is 2.50. The van der Waals surface area contributed by atoms with Gasteiger partial charge >= 0.3 is 0 Å². The molecule has 0 N–H and O–H groups in total. The second-order valence-electron chi connectivity index (χ2n) is 6.83. The van der Waals surface area contributed by atoms with Gasteiger partial charge in [-0.05, 0) is 15.9 Å². The number of hydrogen-bond acceptors (Lipinski definition) is 4. The fourth-order valence-corrected chi connectivity index (χ4v) is 7.48. The number of aromatic nitrogens is 1. The zero-order chi connectivity index (χ0) is 22.8. The van der Waals surface area contributed by atoms with Crippen LogP contribution in [0.15, 0.2) is 113 Å². The maximum atomic E-state index is 11.8. The number of ether oxygens (including phenoxy) is 1. The number of hydrogen-bond donors (Lipinski definition) is 0. The minimum atomic E-state index is -2.43. The van der Waals surface area contributed by atoms with Crippen LogP contribution < -0.4 is 15.9 Å². The molecule has 0 saturated heterocycles. The third kappa shape index (κ3) is 5.13. The molecule has 4 aromatic rings. The molecule has 0 bridgehead atoms. The summed E-state index contributed by atoms with van der Waals surface area (Å²) in [5.74, 6) is 0. The van der Waals surface area contributed by atoms with Crippen LogP contribution in [0.5, 0.6) is 0 Å². The molecule has 6 heteroatoms. The van der Waals surface area contributed by atoms with Gasteiger partial charge in [-0.25, -0.2) is 0 Å². The van der Waals surface area contributed by atoms with Crippen LogP contribution in [0.4, 0.5) is 5.69 Å². The highest BCUT2D eigenvalue weighted by molar-refractivity contribution is 9.10. The number of rotatable bonds is 5. The van der Waals surface area contributed by atoms with Gasteiger partial charge in [0.05, 0.1) is 22.8 Å². The summed E-state index contributed by atoms with van der Waals surface area (Å²) in [6, 6.07) is 30.9. The van der Waals surface area contributed by atoms with Crippen LogP contribution in [-0.4, -0.2) is 25.5 Å². The zero-order valence-corrected chi connectivity index (χ0v) is 20.4. The quantitative estimate of drug-likeness (QED) is 0.256. The molecule has 0 fully saturated rings. The smallest absolute Gasteiger partial charge is 0.153 e. The van der Waals surface area contributed by atoms with Crippen molar-refractivity contribution in [2.24, 2.45) is 4.74 Å². The van der Waals surface area contributed by atoms with Gasteiger partial charge in [-0.1, -0.05) is 91.0 Å². The number of carbonyl (C=O) groups excluding carboxylic acids is 1. The summed E-state index contributed by atoms with van der Waals surface area (Å²) in [6.45, 7) is 0. The van der Waals surface area contributed by atoms with E-state index in [2.05, 4.69) is 62.0 Å². The first-order valence-corrected chi connectivity index (χ1v) is 12.5. The average Bonchev–Trinajstić information content (AvgIpc) is 2.85. The predicted molar refractivity (Wildman–Crippen MR) is 137 cm³/mol. The Bertz CT molecular complexity index is 1100. The Morgan fingerprint density at radius 3 is 1.56 bits per heavy atom. The molecule has 3 aromatic carbocycles. The Morgan fingerprint density at radius 1 is 0.781 bits per heavy atom. The molecule has 4 nitrogen and oxygen atoms in total. The highest BCUT2D eigenvalue weighted by atomic mass is 79.9. The molecule has 0 aliphatic rings. The second-order valence-corrected chi connectivity index (χ2v) is 10.7. The molecule has 0 amide bonds. The fraction of sp³-hybridized carbons (Fsp3) is 0.0769. The third-order valence-electron chi connectivity index (χ3n) is 4.67. The number of benzene rings is 3. The SMILES string of the molecule is COC.O=Cc1cncc(Br)c1N=P(c1ccccc1)(c1ccccc1)c1ccccc1. The van der Waals surface area contributed by atoms with Gasteiger partial charge in [0.2, 0.25) is 0 Å². The molecule has 0 atom stereocenters. The van der Waals surface area contributed by atoms with Gasteiger partial charge in [-0.2, -0.15) is 0 Å². The summed E-state index contributed by atoms with van der Waals surface area (Å²) in [7, 11) is 0.816. The lowest BCUT2D eigenvalue weighted by molar-refractivity contribution is 0.112. The number of nitrogens with zero attached hydrogens (tertiary/aromatic N) is 2. The monoisotopic (exact) mass is 506 g/mol. The van der Waals surface area contributed by atoms with E-state index in [1.54, 1.807) is 26.6 Å². The normalized spacial score (nSPS) is 10.6. The molecule has 0 unspecified atom stereocenters. The molecule has 4 rings (SSSR count). The molecule has 0 radical (unpaired) electrons. The molecule has 0 saturated carbocycles. The van der Waals surface area contributed by atoms with Gasteiger partial charge < -0.3 is 4.74 Å². The van der Waals surface area contributed by atoms with Crippen LogP contribution in [0.25, 0.3) is 0 Å². The molecule has 0 aliphatic heterocycles. The Hall–Kier alpha value is -2.85. The van der Waals surface area contributed by atoms with Crippen LogP contribution in [0, 0.1) is 0 Å². The minimum Gasteiger partial charge on any atom is -0.388 e. The van der Waals surface area contributed by atoms with E-state index in [1.807, 2.05) is 54.6 Å². The van der Waals surface area contributed by atoms with Gasteiger partial charge in [0.25, 0.3) is 0 Å². The number of carbonyl (C=O) groups is 1. The Balaban J connectivity index is 0.000000913. The molecular weight excluding hydrogens is 483 g/mol. The second kappa shape index (κ2) is 11.7. The Morgan fingerprint density at radius 2 is 1.19 bits per heavy atom. The van der Waals surface area contributed by atoms with E-state index in [1.165, 1.54) is 0 Å². The van der Waals surface area contributed by atoms with Crippen molar-refractivity contribution in [1.82, 2.24) is 4.98 Å². The first-order valence-electron chi connectivity index (χ1n) is 9.95. The summed E-state index contributed by atoms with van der Waals surface area (Å²) >= 11 is 3.56. The number of pyridine rings is 1. The summed E-state index contributed by atoms with van der Waals surface area (Å²) in [5, 5.41) is 3.37. The van der Waals surface area contributed by atoms with E-state index in [9.17, 15) is 4.79 Å². The largest absolute Gasteiger partial charge is 0.388 e. The Labute approximate surface area is 197 Å². The van der Waals surface area contributed by atoms with Gasteiger partial charge in [-0.15, -0.1) is 0 Å². The van der Waals surface area contributed by atoms with Crippen LogP contribution >= 0.6 is 23.0 Å². The molecular formula is C26H24BrN2O2P. The summed E-state index contributed by atoms with van der Waals surface area (Å²) in [6.07, 6.45) is 4.06. The van der Waals surface area contributed by atoms with Crippen molar-refractivity contribution in [1.29, 1.82) is 0 Å². The average molecular weight is 507 g/mol. The molecule has 1 aromatic heterocycles. The molecule has 162 valence electrons. The number of methoxy groups -OCH3 is 1. The van der Waals surface area contributed by atoms with Crippen molar-refractivity contribution in [3.63, 3.8) is 0 Å². The summed E-state index contributed by atoms with van der Waals surface area (Å²) < 4.78 is 10.3. The zero-order valence-electron chi connectivity index (χ0n) is 17.9. The fourth-order valence-electron chi connectivity index (χ4n) is 3.34. The first-order chi connectivity index (χ1) is 15.7. The molecule has 1 heterocycles. The number of aldehydes is 1. The lowest BCUT2D eigenvalue weighted by atomic mass is 10.3. The lowest BCUT2D eigenvalue weighted by Crippen LogP contribution is -2.25. The van der Waals surface area contributed by atoms with Crippen molar-refractivity contribution in [3.05, 3.63) is 113 Å². The van der Waals surface area contributed by atoms with Gasteiger partial charge in [0, 0.05) is 42.5 Å². The third-order valence-corrected chi connectivity index (χ3v) is 8.88. The van der Waals surface area contributed by atoms with Gasteiger partial charge in [-0.3, -0.25) is 14.5 Å². The van der Waals surface area contributed by atoms with E-state index < -0.39 is 7.05 Å². The summed E-state index contributed by atoms with van der Waals surface area (Å²) in [4.78, 5) is 15.9. The number of halogens is 1. The van der Waals surface area contributed by atoms with E-state index in [0.29, 0.717) is 15.7 Å². The van der Waals surface area contributed by atoms with Crippen LogP contribution in [-0.2, 0) is 4.74 Å². The lowest BCUT2D eigenvalue weighted by Gasteiger charge is -2.27. The minimum absolute atomic E-state index is 0.464. The van der Waals surface area contributed by atoms with E-state index >= 15 is 0 Å². The van der Waals surface area contributed by atoms with Gasteiger partial charge in [0.1, 0.15) is 0 Å². The van der Waals surface area contributed by atoms with Crippen LogP contribution in [0.1, 0.15) is 10.4 Å². The van der Waals surface area contributed by atoms with Crippen LogP contribution in [0.2, 0.25) is 0 Å². The van der Waals surface area contributed by atoms with Crippen molar-refractivity contribution in [2.75, 3.05) is 14.2 Å². The van der Waals surface area contributed by atoms with Crippen molar-refractivity contribution in [3.8, 4) is 0 Å². The first kappa shape index (κ1) is 23.8. The standard InChI is InChI=1S/C24H18BrN2OP.C2H6O/c25-23-17-26-16-19(18-28)24(23)27-29(20-10-4-1-5-11-20,21-12-6-2-7-13-21)22-14-8-3-9-15-22;1-3-2/h1-18H;1-2H3. The van der Waals surface area contributed by atoms with Crippen molar-refractivity contribution < 1.29 is 9.53 Å². The summed E-state index contributed by atoms with van der Waals surface area (Å²) in [5.41, 5.74) is 1.09. The maximum Gasteiger partial charge on any atom is 0.153 e. The van der Waals surface area contributed by atoms with Gasteiger partial charge in [0.15, 0.2) is 6.29 Å². The van der Waals surface area contributed by atoms with E-state index in [0.717, 1.165) is 22.2 Å². The molecule has 0 spiro atoms. The van der Waals surface area contributed by atoms with Crippen molar-refractivity contribution >= 4 is 50.9 Å². The van der Waals surface area contributed by atoms with Crippen LogP contribution in [0.3, 0.4) is 0 Å². The topological polar surface area (TPSA) is 51.5 Å². The molecule has 32 heavy (non-hydrogen) atoms. The maximum absolute atomic E-state index is 11.8. The van der Waals surface area contributed by atoms with Crippen molar-refractivity contribution in [2.45, 2.75) is 0 Å². The molecule has 0 aliphatic carbocycles. The van der Waals surface area contributed by atoms with E-state index in [-0.39, 0.29) is 0 Å². The highest BCUT2D eigenvalue weighted by Gasteiger charge is 2.28. The Kier molecular flexibility index (Phi) is 8.69. The van der Waals surface area contributed by atoms with E-state index in [4.69, 9.17) is 4.74 Å².